The zero-order valence-electron chi connectivity index (χ0n) is 16.4. The Balaban J connectivity index is 1.83. The van der Waals surface area contributed by atoms with Gasteiger partial charge in [-0.1, -0.05) is 19.9 Å². The van der Waals surface area contributed by atoms with Gasteiger partial charge < -0.3 is 9.32 Å². The van der Waals surface area contributed by atoms with Crippen molar-refractivity contribution >= 4 is 27.3 Å². The first-order chi connectivity index (χ1) is 14.0. The van der Waals surface area contributed by atoms with Crippen molar-refractivity contribution in [2.75, 3.05) is 13.1 Å². The summed E-state index contributed by atoms with van der Waals surface area (Å²) in [7, 11) is -3.55. The fraction of sp³-hybridized carbons (Fsp3) is 0.286. The first-order valence-electron chi connectivity index (χ1n) is 9.40. The standard InChI is InChI=1S/C21H24N2O4S2/c1-3-23(4-2)29(25,26)20-11-9-17(10-12-20)21(24)22(15-18-7-5-13-27-18)16-19-8-6-14-28-19/h5-14H,3-4,15-16H2,1-2H3. The molecule has 0 saturated carbocycles. The Kier molecular flexibility index (Phi) is 6.89. The number of furan rings is 1. The molecule has 0 aliphatic carbocycles. The maximum Gasteiger partial charge on any atom is 0.254 e. The molecule has 3 rings (SSSR count). The Labute approximate surface area is 175 Å². The van der Waals surface area contributed by atoms with Crippen LogP contribution in [0.25, 0.3) is 0 Å². The van der Waals surface area contributed by atoms with Crippen molar-refractivity contribution < 1.29 is 17.6 Å². The van der Waals surface area contributed by atoms with E-state index in [0.29, 0.717) is 37.5 Å². The molecular weight excluding hydrogens is 408 g/mol. The molecule has 0 radical (unpaired) electrons. The molecule has 6 nitrogen and oxygen atoms in total. The lowest BCUT2D eigenvalue weighted by atomic mass is 10.2. The number of carbonyl (C=O) groups is 1. The molecule has 2 heterocycles. The van der Waals surface area contributed by atoms with E-state index in [-0.39, 0.29) is 10.8 Å². The highest BCUT2D eigenvalue weighted by atomic mass is 32.2. The highest BCUT2D eigenvalue weighted by Crippen LogP contribution is 2.20. The zero-order valence-corrected chi connectivity index (χ0v) is 18.1. The van der Waals surface area contributed by atoms with E-state index < -0.39 is 10.0 Å². The summed E-state index contributed by atoms with van der Waals surface area (Å²) in [5.41, 5.74) is 0.437. The van der Waals surface area contributed by atoms with Gasteiger partial charge >= 0.3 is 0 Å². The van der Waals surface area contributed by atoms with E-state index in [1.165, 1.54) is 16.4 Å². The van der Waals surface area contributed by atoms with Gasteiger partial charge in [0.1, 0.15) is 5.76 Å². The van der Waals surface area contributed by atoms with Crippen LogP contribution in [0.5, 0.6) is 0 Å². The third-order valence-corrected chi connectivity index (χ3v) is 7.51. The second kappa shape index (κ2) is 9.39. The fourth-order valence-electron chi connectivity index (χ4n) is 3.05. The summed E-state index contributed by atoms with van der Waals surface area (Å²) in [4.78, 5) is 16.1. The highest BCUT2D eigenvalue weighted by Gasteiger charge is 2.23. The fourth-order valence-corrected chi connectivity index (χ4v) is 5.22. The van der Waals surface area contributed by atoms with Gasteiger partial charge in [-0.05, 0) is 47.8 Å². The number of sulfonamides is 1. The monoisotopic (exact) mass is 432 g/mol. The molecule has 1 amide bonds. The van der Waals surface area contributed by atoms with Gasteiger partial charge in [-0.2, -0.15) is 4.31 Å². The smallest absolute Gasteiger partial charge is 0.254 e. The van der Waals surface area contributed by atoms with E-state index >= 15 is 0 Å². The molecule has 0 aliphatic heterocycles. The molecule has 29 heavy (non-hydrogen) atoms. The molecule has 0 atom stereocenters. The van der Waals surface area contributed by atoms with E-state index in [1.807, 2.05) is 23.6 Å². The van der Waals surface area contributed by atoms with Crippen molar-refractivity contribution in [1.82, 2.24) is 9.21 Å². The first kappa shape index (κ1) is 21.3. The lowest BCUT2D eigenvalue weighted by Gasteiger charge is -2.22. The third-order valence-electron chi connectivity index (χ3n) is 4.59. The number of thiophene rings is 1. The van der Waals surface area contributed by atoms with Crippen LogP contribution in [-0.4, -0.2) is 36.6 Å². The van der Waals surface area contributed by atoms with Crippen LogP contribution < -0.4 is 0 Å². The average Bonchev–Trinajstić information content (AvgIpc) is 3.42. The summed E-state index contributed by atoms with van der Waals surface area (Å²) in [5.74, 6) is 0.511. The number of rotatable bonds is 9. The lowest BCUT2D eigenvalue weighted by molar-refractivity contribution is 0.0719. The Morgan fingerprint density at radius 1 is 1.00 bits per heavy atom. The van der Waals surface area contributed by atoms with Gasteiger partial charge in [-0.25, -0.2) is 8.42 Å². The molecular formula is C21H24N2O4S2. The minimum atomic E-state index is -3.55. The second-order valence-corrected chi connectivity index (χ2v) is 9.40. The normalized spacial score (nSPS) is 11.7. The molecule has 0 spiro atoms. The molecule has 1 aromatic carbocycles. The third kappa shape index (κ3) is 4.95. The van der Waals surface area contributed by atoms with E-state index in [0.717, 1.165) is 4.88 Å². The minimum absolute atomic E-state index is 0.179. The van der Waals surface area contributed by atoms with Gasteiger partial charge in [0.25, 0.3) is 5.91 Å². The van der Waals surface area contributed by atoms with E-state index in [2.05, 4.69) is 0 Å². The second-order valence-electron chi connectivity index (χ2n) is 6.43. The van der Waals surface area contributed by atoms with E-state index in [1.54, 1.807) is 54.5 Å². The predicted molar refractivity (Wildman–Crippen MR) is 113 cm³/mol. The molecule has 0 aliphatic rings. The summed E-state index contributed by atoms with van der Waals surface area (Å²) < 4.78 is 32.1. The molecule has 0 bridgehead atoms. The van der Waals surface area contributed by atoms with Crippen molar-refractivity contribution in [3.63, 3.8) is 0 Å². The molecule has 154 valence electrons. The number of nitrogens with zero attached hydrogens (tertiary/aromatic N) is 2. The van der Waals surface area contributed by atoms with Gasteiger partial charge in [0, 0.05) is 23.5 Å². The Hall–Kier alpha value is -2.42. The minimum Gasteiger partial charge on any atom is -0.467 e. The zero-order chi connectivity index (χ0) is 20.9. The Morgan fingerprint density at radius 2 is 1.72 bits per heavy atom. The largest absolute Gasteiger partial charge is 0.467 e. The molecule has 0 fully saturated rings. The van der Waals surface area contributed by atoms with Gasteiger partial charge in [-0.3, -0.25) is 4.79 Å². The number of carbonyl (C=O) groups excluding carboxylic acids is 1. The SMILES string of the molecule is CCN(CC)S(=O)(=O)c1ccc(C(=O)N(Cc2ccco2)Cc2cccs2)cc1. The van der Waals surface area contributed by atoms with Crippen LogP contribution >= 0.6 is 11.3 Å². The van der Waals surface area contributed by atoms with Crippen molar-refractivity contribution in [3.05, 3.63) is 76.4 Å². The maximum absolute atomic E-state index is 13.1. The Morgan fingerprint density at radius 3 is 2.28 bits per heavy atom. The molecule has 0 N–H and O–H groups in total. The van der Waals surface area contributed by atoms with Gasteiger partial charge in [0.15, 0.2) is 0 Å². The topological polar surface area (TPSA) is 70.8 Å². The van der Waals surface area contributed by atoms with Crippen LogP contribution in [0.2, 0.25) is 0 Å². The van der Waals surface area contributed by atoms with Crippen LogP contribution in [-0.2, 0) is 23.1 Å². The van der Waals surface area contributed by atoms with Crippen LogP contribution in [0.3, 0.4) is 0 Å². The average molecular weight is 433 g/mol. The Bertz CT molecular complexity index is 971. The van der Waals surface area contributed by atoms with Crippen molar-refractivity contribution in [2.45, 2.75) is 31.8 Å². The van der Waals surface area contributed by atoms with Crippen LogP contribution in [0.1, 0.15) is 34.8 Å². The summed E-state index contributed by atoms with van der Waals surface area (Å²) in [6.07, 6.45) is 1.58. The first-order valence-corrected chi connectivity index (χ1v) is 11.7. The highest BCUT2D eigenvalue weighted by molar-refractivity contribution is 7.89. The molecule has 8 heteroatoms. The van der Waals surface area contributed by atoms with Crippen molar-refractivity contribution in [2.24, 2.45) is 0 Å². The van der Waals surface area contributed by atoms with Gasteiger partial charge in [0.2, 0.25) is 10.0 Å². The van der Waals surface area contributed by atoms with Crippen LogP contribution in [0, 0.1) is 0 Å². The number of benzene rings is 1. The van der Waals surface area contributed by atoms with Crippen molar-refractivity contribution in [3.8, 4) is 0 Å². The van der Waals surface area contributed by atoms with Crippen LogP contribution in [0.4, 0.5) is 0 Å². The number of hydrogen-bond donors (Lipinski definition) is 0. The van der Waals surface area contributed by atoms with Crippen LogP contribution in [0.15, 0.2) is 69.5 Å². The summed E-state index contributed by atoms with van der Waals surface area (Å²) >= 11 is 1.58. The summed E-state index contributed by atoms with van der Waals surface area (Å²) in [6, 6.07) is 13.7. The van der Waals surface area contributed by atoms with E-state index in [9.17, 15) is 13.2 Å². The predicted octanol–water partition coefficient (Wildman–Crippen LogP) is 4.21. The lowest BCUT2D eigenvalue weighted by Crippen LogP contribution is -2.31. The molecule has 2 aromatic heterocycles. The van der Waals surface area contributed by atoms with Crippen molar-refractivity contribution in [1.29, 1.82) is 0 Å². The van der Waals surface area contributed by atoms with E-state index in [4.69, 9.17) is 4.42 Å². The number of hydrogen-bond acceptors (Lipinski definition) is 5. The summed E-state index contributed by atoms with van der Waals surface area (Å²) in [6.45, 7) is 5.19. The number of amides is 1. The van der Waals surface area contributed by atoms with Gasteiger partial charge in [0.05, 0.1) is 24.2 Å². The quantitative estimate of drug-likeness (QED) is 0.508. The summed E-state index contributed by atoms with van der Waals surface area (Å²) in [5, 5.41) is 1.97. The van der Waals surface area contributed by atoms with Gasteiger partial charge in [-0.15, -0.1) is 11.3 Å². The molecule has 0 unspecified atom stereocenters. The molecule has 3 aromatic rings. The molecule has 0 saturated heterocycles. The maximum atomic E-state index is 13.1.